The van der Waals surface area contributed by atoms with Gasteiger partial charge in [-0.15, -0.1) is 0 Å². The second-order valence-corrected chi connectivity index (χ2v) is 5.21. The predicted octanol–water partition coefficient (Wildman–Crippen LogP) is 1.33. The lowest BCUT2D eigenvalue weighted by molar-refractivity contribution is 0.458. The zero-order chi connectivity index (χ0) is 9.97. The molecule has 4 N–H and O–H groups in total. The van der Waals surface area contributed by atoms with Gasteiger partial charge in [0.05, 0.1) is 0 Å². The summed E-state index contributed by atoms with van der Waals surface area (Å²) in [4.78, 5) is 1.48. The van der Waals surface area contributed by atoms with Gasteiger partial charge in [0.2, 0.25) is 0 Å². The van der Waals surface area contributed by atoms with E-state index in [9.17, 15) is 0 Å². The van der Waals surface area contributed by atoms with E-state index >= 15 is 0 Å². The standard InChI is InChI=1S/C10H19N3S/c1-2-5-12-7-3-4-8-9(6-7)14-10(11)13-8/h7,10,12-13H,2-6,11H2,1H3/t7-,10?/m1/s1. The third kappa shape index (κ3) is 2.24. The number of nitrogens with two attached hydrogens (primary N) is 1. The highest BCUT2D eigenvalue weighted by Gasteiger charge is 2.27. The minimum atomic E-state index is 0.102. The maximum Gasteiger partial charge on any atom is 0.127 e. The van der Waals surface area contributed by atoms with Crippen LogP contribution >= 0.6 is 11.8 Å². The number of allylic oxidation sites excluding steroid dienone is 1. The Kier molecular flexibility index (Phi) is 3.36. The highest BCUT2D eigenvalue weighted by Crippen LogP contribution is 2.37. The molecule has 0 saturated carbocycles. The van der Waals surface area contributed by atoms with E-state index in [2.05, 4.69) is 17.6 Å². The van der Waals surface area contributed by atoms with Gasteiger partial charge < -0.3 is 16.4 Å². The molecular weight excluding hydrogens is 194 g/mol. The minimum absolute atomic E-state index is 0.102. The van der Waals surface area contributed by atoms with E-state index in [1.807, 2.05) is 0 Å². The molecule has 1 aliphatic carbocycles. The molecule has 0 amide bonds. The van der Waals surface area contributed by atoms with E-state index in [0.29, 0.717) is 6.04 Å². The van der Waals surface area contributed by atoms with Crippen molar-refractivity contribution in [2.75, 3.05) is 6.54 Å². The molecule has 0 fully saturated rings. The average molecular weight is 213 g/mol. The molecule has 3 nitrogen and oxygen atoms in total. The van der Waals surface area contributed by atoms with Gasteiger partial charge in [0, 0.05) is 16.6 Å². The molecule has 80 valence electrons. The van der Waals surface area contributed by atoms with E-state index in [-0.39, 0.29) is 5.50 Å². The topological polar surface area (TPSA) is 50.1 Å². The molecule has 0 radical (unpaired) electrons. The fourth-order valence-electron chi connectivity index (χ4n) is 2.06. The number of rotatable bonds is 3. The maximum absolute atomic E-state index is 5.83. The van der Waals surface area contributed by atoms with Crippen molar-refractivity contribution in [2.45, 2.75) is 44.1 Å². The van der Waals surface area contributed by atoms with Gasteiger partial charge in [0.15, 0.2) is 0 Å². The molecule has 0 bridgehead atoms. The fourth-order valence-corrected chi connectivity index (χ4v) is 3.16. The Balaban J connectivity index is 1.87. The van der Waals surface area contributed by atoms with Crippen molar-refractivity contribution in [3.63, 3.8) is 0 Å². The fraction of sp³-hybridized carbons (Fsp3) is 0.800. The molecule has 2 aliphatic rings. The monoisotopic (exact) mass is 213 g/mol. The van der Waals surface area contributed by atoms with Crippen LogP contribution in [0.15, 0.2) is 10.6 Å². The molecule has 1 heterocycles. The molecule has 0 aromatic carbocycles. The number of hydrogen-bond acceptors (Lipinski definition) is 4. The maximum atomic E-state index is 5.83. The van der Waals surface area contributed by atoms with E-state index < -0.39 is 0 Å². The van der Waals surface area contributed by atoms with Crippen molar-refractivity contribution in [1.29, 1.82) is 0 Å². The first kappa shape index (κ1) is 10.3. The molecule has 1 aliphatic heterocycles. The molecule has 0 aromatic rings. The molecule has 0 aromatic heterocycles. The van der Waals surface area contributed by atoms with Crippen LogP contribution in [0.4, 0.5) is 0 Å². The van der Waals surface area contributed by atoms with E-state index in [1.165, 1.54) is 29.9 Å². The Morgan fingerprint density at radius 2 is 2.50 bits per heavy atom. The summed E-state index contributed by atoms with van der Waals surface area (Å²) in [5.74, 6) is 0. The second-order valence-electron chi connectivity index (χ2n) is 3.98. The third-order valence-corrected chi connectivity index (χ3v) is 3.85. The van der Waals surface area contributed by atoms with Crippen molar-refractivity contribution >= 4 is 11.8 Å². The quantitative estimate of drug-likeness (QED) is 0.662. The summed E-state index contributed by atoms with van der Waals surface area (Å²) in [6, 6.07) is 0.674. The normalized spacial score (nSPS) is 31.6. The van der Waals surface area contributed by atoms with Gasteiger partial charge in [-0.3, -0.25) is 0 Å². The summed E-state index contributed by atoms with van der Waals surface area (Å²) in [6.45, 7) is 3.35. The van der Waals surface area contributed by atoms with Gasteiger partial charge in [0.25, 0.3) is 0 Å². The molecule has 0 saturated heterocycles. The minimum Gasteiger partial charge on any atom is -0.364 e. The van der Waals surface area contributed by atoms with Crippen LogP contribution in [0.25, 0.3) is 0 Å². The van der Waals surface area contributed by atoms with Crippen LogP contribution in [-0.4, -0.2) is 18.1 Å². The van der Waals surface area contributed by atoms with Gasteiger partial charge in [-0.2, -0.15) is 0 Å². The lowest BCUT2D eigenvalue weighted by Crippen LogP contribution is -2.33. The van der Waals surface area contributed by atoms with Crippen LogP contribution < -0.4 is 16.4 Å². The summed E-state index contributed by atoms with van der Waals surface area (Å²) < 4.78 is 0. The first-order valence-electron chi connectivity index (χ1n) is 5.43. The lowest BCUT2D eigenvalue weighted by Gasteiger charge is -2.23. The highest BCUT2D eigenvalue weighted by molar-refractivity contribution is 8.03. The van der Waals surface area contributed by atoms with Crippen LogP contribution in [-0.2, 0) is 0 Å². The average Bonchev–Trinajstić information content (AvgIpc) is 2.54. The Morgan fingerprint density at radius 3 is 3.29 bits per heavy atom. The van der Waals surface area contributed by atoms with Crippen molar-refractivity contribution in [2.24, 2.45) is 5.73 Å². The first-order valence-corrected chi connectivity index (χ1v) is 6.31. The molecule has 0 spiro atoms. The van der Waals surface area contributed by atoms with Crippen molar-refractivity contribution in [3.8, 4) is 0 Å². The van der Waals surface area contributed by atoms with Gasteiger partial charge in [-0.1, -0.05) is 18.7 Å². The summed E-state index contributed by atoms with van der Waals surface area (Å²) in [6.07, 6.45) is 4.80. The first-order chi connectivity index (χ1) is 6.79. The Bertz CT molecular complexity index is 240. The smallest absolute Gasteiger partial charge is 0.127 e. The zero-order valence-electron chi connectivity index (χ0n) is 8.68. The molecule has 14 heavy (non-hydrogen) atoms. The molecule has 2 atom stereocenters. The van der Waals surface area contributed by atoms with Crippen molar-refractivity contribution in [3.05, 3.63) is 10.6 Å². The summed E-state index contributed by atoms with van der Waals surface area (Å²) in [7, 11) is 0. The van der Waals surface area contributed by atoms with Gasteiger partial charge >= 0.3 is 0 Å². The second kappa shape index (κ2) is 4.55. The van der Waals surface area contributed by atoms with E-state index in [4.69, 9.17) is 5.73 Å². The molecular formula is C10H19N3S. The number of hydrogen-bond donors (Lipinski definition) is 3. The predicted molar refractivity (Wildman–Crippen MR) is 61.7 cm³/mol. The van der Waals surface area contributed by atoms with Crippen molar-refractivity contribution < 1.29 is 0 Å². The zero-order valence-corrected chi connectivity index (χ0v) is 9.49. The number of thioether (sulfide) groups is 1. The Morgan fingerprint density at radius 1 is 1.64 bits per heavy atom. The van der Waals surface area contributed by atoms with E-state index in [1.54, 1.807) is 11.8 Å². The third-order valence-electron chi connectivity index (χ3n) is 2.78. The molecule has 4 heteroatoms. The highest BCUT2D eigenvalue weighted by atomic mass is 32.2. The van der Waals surface area contributed by atoms with Crippen LogP contribution in [0.5, 0.6) is 0 Å². The van der Waals surface area contributed by atoms with Crippen LogP contribution in [0.1, 0.15) is 32.6 Å². The summed E-state index contributed by atoms with van der Waals surface area (Å²) in [5, 5.41) is 6.91. The SMILES string of the molecule is CCCN[C@@H]1CCC2=C(C1)SC(N)N2. The van der Waals surface area contributed by atoms with Gasteiger partial charge in [-0.25, -0.2) is 0 Å². The summed E-state index contributed by atoms with van der Waals surface area (Å²) >= 11 is 1.79. The lowest BCUT2D eigenvalue weighted by atomic mass is 9.99. The van der Waals surface area contributed by atoms with Crippen LogP contribution in [0.2, 0.25) is 0 Å². The molecule has 2 rings (SSSR count). The summed E-state index contributed by atoms with van der Waals surface area (Å²) in [5.41, 5.74) is 7.33. The largest absolute Gasteiger partial charge is 0.364 e. The van der Waals surface area contributed by atoms with E-state index in [0.717, 1.165) is 13.0 Å². The van der Waals surface area contributed by atoms with Gasteiger partial charge in [0.1, 0.15) is 5.50 Å². The number of nitrogens with one attached hydrogen (secondary N) is 2. The van der Waals surface area contributed by atoms with Crippen molar-refractivity contribution in [1.82, 2.24) is 10.6 Å². The van der Waals surface area contributed by atoms with Gasteiger partial charge in [-0.05, 0) is 32.2 Å². The van der Waals surface area contributed by atoms with Crippen LogP contribution in [0, 0.1) is 0 Å². The molecule has 1 unspecified atom stereocenters. The Hall–Kier alpha value is -0.190. The Labute approximate surface area is 89.9 Å². The van der Waals surface area contributed by atoms with Crippen LogP contribution in [0.3, 0.4) is 0 Å².